The molecular weight excluding hydrogens is 360 g/mol. The van der Waals surface area contributed by atoms with Gasteiger partial charge in [0.05, 0.1) is 31.3 Å². The van der Waals surface area contributed by atoms with Crippen LogP contribution in [0.2, 0.25) is 0 Å². The average Bonchev–Trinajstić information content (AvgIpc) is 3.03. The molecule has 3 aliphatic heterocycles. The van der Waals surface area contributed by atoms with E-state index in [1.807, 2.05) is 17.0 Å². The number of para-hydroxylation sites is 1. The second-order valence-corrected chi connectivity index (χ2v) is 7.92. The van der Waals surface area contributed by atoms with Crippen molar-refractivity contribution in [2.45, 2.75) is 25.4 Å². The van der Waals surface area contributed by atoms with Crippen molar-refractivity contribution < 1.29 is 23.8 Å². The Morgan fingerprint density at radius 3 is 2.61 bits per heavy atom. The van der Waals surface area contributed by atoms with Crippen LogP contribution in [0.4, 0.5) is 0 Å². The third-order valence-electron chi connectivity index (χ3n) is 6.24. The number of rotatable bonds is 4. The quantitative estimate of drug-likeness (QED) is 0.730. The Hall–Kier alpha value is -2.12. The number of methoxy groups -OCH3 is 1. The molecule has 0 aromatic heterocycles. The fourth-order valence-electron chi connectivity index (χ4n) is 4.55. The van der Waals surface area contributed by atoms with Gasteiger partial charge in [0.2, 0.25) is 0 Å². The van der Waals surface area contributed by atoms with Crippen molar-refractivity contribution in [1.29, 1.82) is 0 Å². The lowest BCUT2D eigenvalue weighted by Gasteiger charge is -2.36. The van der Waals surface area contributed by atoms with Crippen LogP contribution in [0.15, 0.2) is 24.3 Å². The van der Waals surface area contributed by atoms with Crippen molar-refractivity contribution >= 4 is 11.9 Å². The highest BCUT2D eigenvalue weighted by Gasteiger charge is 2.51. The molecule has 1 atom stereocenters. The Bertz CT molecular complexity index is 723. The van der Waals surface area contributed by atoms with Crippen molar-refractivity contribution in [2.75, 3.05) is 53.0 Å². The molecule has 0 saturated carbocycles. The Balaban J connectivity index is 1.36. The molecule has 3 saturated heterocycles. The molecule has 3 heterocycles. The van der Waals surface area contributed by atoms with E-state index in [1.165, 1.54) is 0 Å². The average molecular weight is 388 g/mol. The van der Waals surface area contributed by atoms with Gasteiger partial charge in [-0.05, 0) is 25.0 Å². The SMILES string of the molecule is COc1ccccc1C(=O)N1CCC2(CC1)CC(CN1CCOCC1)OC2=O. The zero-order valence-electron chi connectivity index (χ0n) is 16.4. The summed E-state index contributed by atoms with van der Waals surface area (Å²) in [6, 6.07) is 7.27. The van der Waals surface area contributed by atoms with Gasteiger partial charge in [-0.1, -0.05) is 12.1 Å². The molecule has 1 aromatic rings. The van der Waals surface area contributed by atoms with Crippen molar-refractivity contribution in [3.05, 3.63) is 29.8 Å². The lowest BCUT2D eigenvalue weighted by molar-refractivity contribution is -0.151. The minimum atomic E-state index is -0.436. The normalized spacial score (nSPS) is 25.0. The molecule has 3 fully saturated rings. The van der Waals surface area contributed by atoms with E-state index in [9.17, 15) is 9.59 Å². The van der Waals surface area contributed by atoms with Crippen LogP contribution in [0, 0.1) is 5.41 Å². The maximum absolute atomic E-state index is 12.9. The first kappa shape index (κ1) is 19.2. The molecule has 28 heavy (non-hydrogen) atoms. The number of carbonyl (C=O) groups excluding carboxylic acids is 2. The first-order valence-electron chi connectivity index (χ1n) is 10.0. The van der Waals surface area contributed by atoms with Gasteiger partial charge >= 0.3 is 5.97 Å². The van der Waals surface area contributed by atoms with Crippen molar-refractivity contribution in [1.82, 2.24) is 9.80 Å². The molecule has 1 spiro atoms. The summed E-state index contributed by atoms with van der Waals surface area (Å²) in [7, 11) is 1.57. The second-order valence-electron chi connectivity index (χ2n) is 7.92. The van der Waals surface area contributed by atoms with Crippen LogP contribution >= 0.6 is 0 Å². The predicted octanol–water partition coefficient (Wildman–Crippen LogP) is 1.57. The zero-order valence-corrected chi connectivity index (χ0v) is 16.4. The largest absolute Gasteiger partial charge is 0.496 e. The summed E-state index contributed by atoms with van der Waals surface area (Å²) in [4.78, 5) is 29.7. The summed E-state index contributed by atoms with van der Waals surface area (Å²) < 4.78 is 16.4. The highest BCUT2D eigenvalue weighted by atomic mass is 16.6. The standard InChI is InChI=1S/C21H28N2O5/c1-26-18-5-3-2-4-17(18)19(24)23-8-6-21(7-9-23)14-16(28-20(21)25)15-22-10-12-27-13-11-22/h2-5,16H,6-15H2,1H3. The fourth-order valence-corrected chi connectivity index (χ4v) is 4.55. The Kier molecular flexibility index (Phi) is 5.55. The number of amides is 1. The Morgan fingerprint density at radius 1 is 1.18 bits per heavy atom. The number of hydrogen-bond donors (Lipinski definition) is 0. The van der Waals surface area contributed by atoms with Crippen LogP contribution in [0.1, 0.15) is 29.6 Å². The van der Waals surface area contributed by atoms with Gasteiger partial charge in [-0.2, -0.15) is 0 Å². The van der Waals surface area contributed by atoms with E-state index in [1.54, 1.807) is 19.2 Å². The predicted molar refractivity (Wildman–Crippen MR) is 102 cm³/mol. The van der Waals surface area contributed by atoms with Crippen molar-refractivity contribution in [3.8, 4) is 5.75 Å². The third-order valence-corrected chi connectivity index (χ3v) is 6.24. The number of ether oxygens (including phenoxy) is 3. The number of piperidine rings is 1. The number of carbonyl (C=O) groups is 2. The summed E-state index contributed by atoms with van der Waals surface area (Å²) >= 11 is 0. The number of nitrogens with zero attached hydrogens (tertiary/aromatic N) is 2. The van der Waals surface area contributed by atoms with Gasteiger partial charge in [-0.3, -0.25) is 14.5 Å². The molecular formula is C21H28N2O5. The van der Waals surface area contributed by atoms with E-state index >= 15 is 0 Å². The van der Waals surface area contributed by atoms with Crippen LogP contribution in [-0.4, -0.2) is 80.8 Å². The Labute approximate surface area is 165 Å². The summed E-state index contributed by atoms with van der Waals surface area (Å²) in [5, 5.41) is 0. The number of esters is 1. The fraction of sp³-hybridized carbons (Fsp3) is 0.619. The molecule has 1 amide bonds. The molecule has 4 rings (SSSR count). The molecule has 1 unspecified atom stereocenters. The molecule has 3 aliphatic rings. The number of benzene rings is 1. The molecule has 1 aromatic carbocycles. The smallest absolute Gasteiger partial charge is 0.312 e. The Morgan fingerprint density at radius 2 is 1.89 bits per heavy atom. The second kappa shape index (κ2) is 8.09. The first-order valence-corrected chi connectivity index (χ1v) is 10.0. The maximum Gasteiger partial charge on any atom is 0.312 e. The minimum absolute atomic E-state index is 0.0384. The van der Waals surface area contributed by atoms with Gasteiger partial charge in [0, 0.05) is 39.1 Å². The monoisotopic (exact) mass is 388 g/mol. The highest BCUT2D eigenvalue weighted by molar-refractivity contribution is 5.97. The van der Waals surface area contributed by atoms with Gasteiger partial charge in [0.25, 0.3) is 5.91 Å². The van der Waals surface area contributed by atoms with Crippen LogP contribution < -0.4 is 4.74 Å². The van der Waals surface area contributed by atoms with Crippen LogP contribution in [0.25, 0.3) is 0 Å². The van der Waals surface area contributed by atoms with Crippen LogP contribution in [0.3, 0.4) is 0 Å². The van der Waals surface area contributed by atoms with Gasteiger partial charge < -0.3 is 19.1 Å². The van der Waals surface area contributed by atoms with E-state index in [0.717, 1.165) is 39.3 Å². The van der Waals surface area contributed by atoms with Gasteiger partial charge in [-0.15, -0.1) is 0 Å². The highest BCUT2D eigenvalue weighted by Crippen LogP contribution is 2.43. The van der Waals surface area contributed by atoms with Gasteiger partial charge in [0.15, 0.2) is 0 Å². The third kappa shape index (κ3) is 3.73. The molecule has 7 nitrogen and oxygen atoms in total. The zero-order chi connectivity index (χ0) is 19.6. The lowest BCUT2D eigenvalue weighted by Crippen LogP contribution is -2.45. The van der Waals surface area contributed by atoms with E-state index in [4.69, 9.17) is 14.2 Å². The van der Waals surface area contributed by atoms with E-state index in [-0.39, 0.29) is 18.0 Å². The summed E-state index contributed by atoms with van der Waals surface area (Å²) in [6.07, 6.45) is 2.01. The molecule has 0 N–H and O–H groups in total. The van der Waals surface area contributed by atoms with Crippen LogP contribution in [0.5, 0.6) is 5.75 Å². The summed E-state index contributed by atoms with van der Waals surface area (Å²) in [5.41, 5.74) is 0.134. The van der Waals surface area contributed by atoms with E-state index < -0.39 is 5.41 Å². The van der Waals surface area contributed by atoms with Gasteiger partial charge in [-0.25, -0.2) is 0 Å². The molecule has 0 bridgehead atoms. The molecule has 0 radical (unpaired) electrons. The van der Waals surface area contributed by atoms with Crippen LogP contribution in [-0.2, 0) is 14.3 Å². The number of hydrogen-bond acceptors (Lipinski definition) is 6. The van der Waals surface area contributed by atoms with Gasteiger partial charge in [0.1, 0.15) is 11.9 Å². The summed E-state index contributed by atoms with van der Waals surface area (Å²) in [6.45, 7) is 5.18. The molecule has 7 heteroatoms. The topological polar surface area (TPSA) is 68.3 Å². The lowest BCUT2D eigenvalue weighted by atomic mass is 9.76. The maximum atomic E-state index is 12.9. The van der Waals surface area contributed by atoms with E-state index in [2.05, 4.69) is 4.90 Å². The number of cyclic esters (lactones) is 1. The number of morpholine rings is 1. The molecule has 0 aliphatic carbocycles. The minimum Gasteiger partial charge on any atom is -0.496 e. The van der Waals surface area contributed by atoms with Crippen molar-refractivity contribution in [2.24, 2.45) is 5.41 Å². The number of likely N-dealkylation sites (tertiary alicyclic amines) is 1. The summed E-state index contributed by atoms with van der Waals surface area (Å²) in [5.74, 6) is 0.456. The van der Waals surface area contributed by atoms with E-state index in [0.29, 0.717) is 37.2 Å². The molecule has 152 valence electrons. The van der Waals surface area contributed by atoms with Crippen molar-refractivity contribution in [3.63, 3.8) is 0 Å². The first-order chi connectivity index (χ1) is 13.6.